The normalized spacial score (nSPS) is 21.0. The molecular weight excluding hydrogens is 324 g/mol. The van der Waals surface area contributed by atoms with E-state index in [1.807, 2.05) is 24.3 Å². The van der Waals surface area contributed by atoms with Crippen LogP contribution in [0.1, 0.15) is 11.6 Å². The number of likely N-dealkylation sites (N-methyl/N-ethyl adjacent to an activating group) is 1. The topological polar surface area (TPSA) is 82.2 Å². The summed E-state index contributed by atoms with van der Waals surface area (Å²) < 4.78 is 5.42. The lowest BCUT2D eigenvalue weighted by Crippen LogP contribution is -2.52. The second-order valence-electron chi connectivity index (χ2n) is 6.17. The number of hydrogen-bond acceptors (Lipinski definition) is 5. The van der Waals surface area contributed by atoms with Gasteiger partial charge in [0.25, 0.3) is 5.91 Å². The third-order valence-electron chi connectivity index (χ3n) is 4.59. The second-order valence-corrected chi connectivity index (χ2v) is 6.17. The zero-order valence-electron chi connectivity index (χ0n) is 14.4. The number of methoxy groups -OCH3 is 1. The molecule has 2 fully saturated rings. The molecule has 8 nitrogen and oxygen atoms in total. The first kappa shape index (κ1) is 17.2. The van der Waals surface area contributed by atoms with Crippen LogP contribution >= 0.6 is 0 Å². The smallest absolute Gasteiger partial charge is 0.327 e. The van der Waals surface area contributed by atoms with Gasteiger partial charge in [0.2, 0.25) is 5.91 Å². The van der Waals surface area contributed by atoms with E-state index < -0.39 is 6.03 Å². The Bertz CT molecular complexity index is 693. The molecule has 0 aliphatic carbocycles. The van der Waals surface area contributed by atoms with Gasteiger partial charge in [-0.3, -0.25) is 14.5 Å². The molecule has 0 aromatic heterocycles. The maximum absolute atomic E-state index is 12.8. The van der Waals surface area contributed by atoms with Gasteiger partial charge in [-0.2, -0.15) is 0 Å². The van der Waals surface area contributed by atoms with E-state index >= 15 is 0 Å². The van der Waals surface area contributed by atoms with Gasteiger partial charge < -0.3 is 19.9 Å². The fourth-order valence-electron chi connectivity index (χ4n) is 3.27. The van der Waals surface area contributed by atoms with E-state index in [1.54, 1.807) is 19.1 Å². The summed E-state index contributed by atoms with van der Waals surface area (Å²) in [6, 6.07) is 6.93. The van der Waals surface area contributed by atoms with Crippen LogP contribution in [0.3, 0.4) is 0 Å². The highest BCUT2D eigenvalue weighted by molar-refractivity contribution is 6.04. The molecule has 0 bridgehead atoms. The Kier molecular flexibility index (Phi) is 4.89. The summed E-state index contributed by atoms with van der Waals surface area (Å²) in [4.78, 5) is 40.8. The molecule has 2 aliphatic rings. The first-order valence-electron chi connectivity index (χ1n) is 8.21. The molecule has 3 rings (SSSR count). The predicted molar refractivity (Wildman–Crippen MR) is 90.1 cm³/mol. The summed E-state index contributed by atoms with van der Waals surface area (Å²) >= 11 is 0. The number of para-hydroxylation sites is 1. The van der Waals surface area contributed by atoms with E-state index in [0.29, 0.717) is 25.4 Å². The standard InChI is InChI=1S/C17H22N4O4/c1-19-10-15(22)21(17(19)24)11-16(23)20-8-7-18-9-13(20)12-5-3-4-6-14(12)25-2/h3-6,13,18H,7-11H2,1-2H3. The van der Waals surface area contributed by atoms with Gasteiger partial charge >= 0.3 is 6.03 Å². The fourth-order valence-corrected chi connectivity index (χ4v) is 3.27. The van der Waals surface area contributed by atoms with Crippen LogP contribution in [0.4, 0.5) is 4.79 Å². The highest BCUT2D eigenvalue weighted by atomic mass is 16.5. The van der Waals surface area contributed by atoms with E-state index in [1.165, 1.54) is 4.90 Å². The van der Waals surface area contributed by atoms with Crippen LogP contribution in [-0.2, 0) is 9.59 Å². The molecule has 0 spiro atoms. The molecule has 1 unspecified atom stereocenters. The maximum atomic E-state index is 12.8. The number of piperazine rings is 1. The number of nitrogens with zero attached hydrogens (tertiary/aromatic N) is 3. The molecule has 4 amide bonds. The number of carbonyl (C=O) groups excluding carboxylic acids is 3. The lowest BCUT2D eigenvalue weighted by molar-refractivity contribution is -0.139. The number of rotatable bonds is 4. The van der Waals surface area contributed by atoms with E-state index in [4.69, 9.17) is 4.74 Å². The zero-order chi connectivity index (χ0) is 18.0. The first-order chi connectivity index (χ1) is 12.0. The van der Waals surface area contributed by atoms with E-state index in [0.717, 1.165) is 10.5 Å². The minimum absolute atomic E-state index is 0.0175. The van der Waals surface area contributed by atoms with Crippen LogP contribution in [0.2, 0.25) is 0 Å². The van der Waals surface area contributed by atoms with Crippen molar-refractivity contribution in [2.45, 2.75) is 6.04 Å². The van der Waals surface area contributed by atoms with Crippen LogP contribution < -0.4 is 10.1 Å². The van der Waals surface area contributed by atoms with Crippen LogP contribution in [0.5, 0.6) is 5.75 Å². The van der Waals surface area contributed by atoms with Crippen LogP contribution in [0, 0.1) is 0 Å². The maximum Gasteiger partial charge on any atom is 0.327 e. The van der Waals surface area contributed by atoms with Gasteiger partial charge in [0.1, 0.15) is 18.8 Å². The zero-order valence-corrected chi connectivity index (χ0v) is 14.4. The number of imide groups is 1. The van der Waals surface area contributed by atoms with E-state index in [9.17, 15) is 14.4 Å². The van der Waals surface area contributed by atoms with Gasteiger partial charge in [-0.25, -0.2) is 4.79 Å². The van der Waals surface area contributed by atoms with Crippen molar-refractivity contribution in [3.05, 3.63) is 29.8 Å². The van der Waals surface area contributed by atoms with Crippen LogP contribution in [-0.4, -0.2) is 79.4 Å². The molecule has 1 aromatic rings. The number of benzene rings is 1. The van der Waals surface area contributed by atoms with Crippen LogP contribution in [0.15, 0.2) is 24.3 Å². The summed E-state index contributed by atoms with van der Waals surface area (Å²) in [6.07, 6.45) is 0. The Balaban J connectivity index is 1.80. The van der Waals surface area contributed by atoms with Gasteiger partial charge in [0, 0.05) is 32.2 Å². The molecule has 1 atom stereocenters. The van der Waals surface area contributed by atoms with Crippen molar-refractivity contribution in [3.63, 3.8) is 0 Å². The average molecular weight is 346 g/mol. The van der Waals surface area contributed by atoms with Gasteiger partial charge in [0.15, 0.2) is 0 Å². The minimum Gasteiger partial charge on any atom is -0.496 e. The molecule has 1 aromatic carbocycles. The number of urea groups is 1. The second kappa shape index (κ2) is 7.10. The Morgan fingerprint density at radius 3 is 2.76 bits per heavy atom. The number of ether oxygens (including phenoxy) is 1. The largest absolute Gasteiger partial charge is 0.496 e. The first-order valence-corrected chi connectivity index (χ1v) is 8.21. The van der Waals surface area contributed by atoms with Gasteiger partial charge in [-0.15, -0.1) is 0 Å². The molecule has 2 heterocycles. The Morgan fingerprint density at radius 1 is 1.32 bits per heavy atom. The van der Waals surface area contributed by atoms with Crippen molar-refractivity contribution < 1.29 is 19.1 Å². The number of carbonyl (C=O) groups is 3. The molecular formula is C17H22N4O4. The SMILES string of the molecule is COc1ccccc1C1CNCCN1C(=O)CN1C(=O)CN(C)C1=O. The molecule has 8 heteroatoms. The highest BCUT2D eigenvalue weighted by Gasteiger charge is 2.37. The summed E-state index contributed by atoms with van der Waals surface area (Å²) in [5.41, 5.74) is 0.904. The number of hydrogen-bond donors (Lipinski definition) is 1. The third-order valence-corrected chi connectivity index (χ3v) is 4.59. The lowest BCUT2D eigenvalue weighted by atomic mass is 10.0. The summed E-state index contributed by atoms with van der Waals surface area (Å²) in [5, 5.41) is 3.28. The Labute approximate surface area is 146 Å². The minimum atomic E-state index is -0.428. The van der Waals surface area contributed by atoms with Crippen molar-refractivity contribution >= 4 is 17.8 Å². The van der Waals surface area contributed by atoms with Crippen molar-refractivity contribution in [1.82, 2.24) is 20.0 Å². The number of nitrogens with one attached hydrogen (secondary N) is 1. The third kappa shape index (κ3) is 3.30. The molecule has 2 saturated heterocycles. The lowest BCUT2D eigenvalue weighted by Gasteiger charge is -2.37. The Hall–Kier alpha value is -2.61. The summed E-state index contributed by atoms with van der Waals surface area (Å²) in [6.45, 7) is 1.55. The fraction of sp³-hybridized carbons (Fsp3) is 0.471. The predicted octanol–water partition coefficient (Wildman–Crippen LogP) is 0.0621. The summed E-state index contributed by atoms with van der Waals surface area (Å²) in [7, 11) is 3.14. The molecule has 1 N–H and O–H groups in total. The Morgan fingerprint density at radius 2 is 2.08 bits per heavy atom. The van der Waals surface area contributed by atoms with Crippen molar-refractivity contribution in [3.8, 4) is 5.75 Å². The molecule has 134 valence electrons. The quantitative estimate of drug-likeness (QED) is 0.780. The van der Waals surface area contributed by atoms with Crippen molar-refractivity contribution in [1.29, 1.82) is 0 Å². The summed E-state index contributed by atoms with van der Waals surface area (Å²) in [5.74, 6) is 0.126. The average Bonchev–Trinajstić information content (AvgIpc) is 2.87. The molecule has 25 heavy (non-hydrogen) atoms. The van der Waals surface area contributed by atoms with Crippen molar-refractivity contribution in [2.75, 3.05) is 46.9 Å². The molecule has 0 saturated carbocycles. The number of amides is 4. The van der Waals surface area contributed by atoms with Gasteiger partial charge in [-0.05, 0) is 6.07 Å². The van der Waals surface area contributed by atoms with Gasteiger partial charge in [-0.1, -0.05) is 18.2 Å². The molecule has 0 radical (unpaired) electrons. The van der Waals surface area contributed by atoms with Crippen LogP contribution in [0.25, 0.3) is 0 Å². The van der Waals surface area contributed by atoms with E-state index in [-0.39, 0.29) is 30.9 Å². The van der Waals surface area contributed by atoms with Gasteiger partial charge in [0.05, 0.1) is 13.2 Å². The highest BCUT2D eigenvalue weighted by Crippen LogP contribution is 2.30. The van der Waals surface area contributed by atoms with E-state index in [2.05, 4.69) is 5.32 Å². The molecule has 2 aliphatic heterocycles. The monoisotopic (exact) mass is 346 g/mol. The van der Waals surface area contributed by atoms with Crippen molar-refractivity contribution in [2.24, 2.45) is 0 Å².